The van der Waals surface area contributed by atoms with E-state index in [9.17, 15) is 8.42 Å². The average molecular weight is 241 g/mol. The number of allylic oxidation sites excluding steroid dienone is 1. The molecule has 16 heavy (non-hydrogen) atoms. The van der Waals surface area contributed by atoms with Gasteiger partial charge in [0.15, 0.2) is 0 Å². The summed E-state index contributed by atoms with van der Waals surface area (Å²) in [7, 11) is -3.74. The Hall–Kier alpha value is -1.33. The molecular formula is C11H15NO3S. The molecule has 0 saturated heterocycles. The molecule has 0 heterocycles. The first-order valence-corrected chi connectivity index (χ1v) is 6.37. The fraction of sp³-hybridized carbons (Fsp3) is 0.273. The number of rotatable bonds is 4. The molecule has 0 amide bonds. The van der Waals surface area contributed by atoms with E-state index in [1.165, 1.54) is 6.07 Å². The van der Waals surface area contributed by atoms with Gasteiger partial charge in [-0.1, -0.05) is 18.2 Å². The van der Waals surface area contributed by atoms with Crippen molar-refractivity contribution in [3.8, 4) is 5.75 Å². The van der Waals surface area contributed by atoms with Crippen LogP contribution in [0.2, 0.25) is 0 Å². The normalized spacial score (nSPS) is 11.9. The van der Waals surface area contributed by atoms with Crippen LogP contribution in [-0.4, -0.2) is 15.0 Å². The summed E-state index contributed by atoms with van der Waals surface area (Å²) >= 11 is 0. The highest BCUT2D eigenvalue weighted by Gasteiger charge is 2.14. The molecule has 1 aromatic rings. The van der Waals surface area contributed by atoms with Crippen LogP contribution in [-0.2, 0) is 10.0 Å². The highest BCUT2D eigenvalue weighted by Crippen LogP contribution is 2.23. The first-order chi connectivity index (χ1) is 7.45. The summed E-state index contributed by atoms with van der Waals surface area (Å²) in [6.45, 7) is 3.98. The summed E-state index contributed by atoms with van der Waals surface area (Å²) in [6.07, 6.45) is 3.61. The number of sulfonamides is 1. The highest BCUT2D eigenvalue weighted by atomic mass is 32.2. The Morgan fingerprint density at radius 3 is 2.69 bits per heavy atom. The number of aryl methyl sites for hydroxylation is 1. The topological polar surface area (TPSA) is 69.4 Å². The maximum Gasteiger partial charge on any atom is 0.241 e. The van der Waals surface area contributed by atoms with Crippen LogP contribution in [0.15, 0.2) is 35.2 Å². The third-order valence-corrected chi connectivity index (χ3v) is 2.91. The summed E-state index contributed by atoms with van der Waals surface area (Å²) in [5, 5.41) is 5.10. The minimum atomic E-state index is -3.74. The SMILES string of the molecule is C/C=C/COc1ccc(C)cc1S(N)(=O)=O. The number of ether oxygens (including phenoxy) is 1. The lowest BCUT2D eigenvalue weighted by Crippen LogP contribution is -2.14. The van der Waals surface area contributed by atoms with Crippen LogP contribution in [0.5, 0.6) is 5.75 Å². The fourth-order valence-corrected chi connectivity index (χ4v) is 1.95. The molecule has 88 valence electrons. The third kappa shape index (κ3) is 3.36. The largest absolute Gasteiger partial charge is 0.488 e. The van der Waals surface area contributed by atoms with Gasteiger partial charge in [-0.2, -0.15) is 0 Å². The second kappa shape index (κ2) is 5.14. The van der Waals surface area contributed by atoms with Crippen LogP contribution in [0.3, 0.4) is 0 Å². The van der Waals surface area contributed by atoms with Crippen LogP contribution >= 0.6 is 0 Å². The Labute approximate surface area is 95.8 Å². The number of nitrogens with two attached hydrogens (primary N) is 1. The van der Waals surface area contributed by atoms with Crippen molar-refractivity contribution in [3.05, 3.63) is 35.9 Å². The molecule has 0 fully saturated rings. The molecule has 0 atom stereocenters. The van der Waals surface area contributed by atoms with Crippen molar-refractivity contribution >= 4 is 10.0 Å². The number of benzene rings is 1. The van der Waals surface area contributed by atoms with Crippen molar-refractivity contribution in [1.29, 1.82) is 0 Å². The Kier molecular flexibility index (Phi) is 4.09. The smallest absolute Gasteiger partial charge is 0.241 e. The summed E-state index contributed by atoms with van der Waals surface area (Å²) in [6, 6.07) is 4.89. The third-order valence-electron chi connectivity index (χ3n) is 1.98. The van der Waals surface area contributed by atoms with Crippen molar-refractivity contribution < 1.29 is 13.2 Å². The monoisotopic (exact) mass is 241 g/mol. The summed E-state index contributed by atoms with van der Waals surface area (Å²) in [4.78, 5) is 0.0250. The molecule has 0 aliphatic carbocycles. The lowest BCUT2D eigenvalue weighted by atomic mass is 10.2. The molecule has 1 aromatic carbocycles. The zero-order valence-electron chi connectivity index (χ0n) is 9.30. The van der Waals surface area contributed by atoms with Gasteiger partial charge in [0.25, 0.3) is 0 Å². The van der Waals surface area contributed by atoms with Crippen molar-refractivity contribution in [1.82, 2.24) is 0 Å². The zero-order valence-corrected chi connectivity index (χ0v) is 10.1. The molecule has 2 N–H and O–H groups in total. The lowest BCUT2D eigenvalue weighted by molar-refractivity contribution is 0.352. The van der Waals surface area contributed by atoms with E-state index in [0.29, 0.717) is 6.61 Å². The summed E-state index contributed by atoms with van der Waals surface area (Å²) in [5.74, 6) is 0.284. The maximum atomic E-state index is 11.3. The first-order valence-electron chi connectivity index (χ1n) is 4.82. The second-order valence-corrected chi connectivity index (χ2v) is 4.91. The Balaban J connectivity index is 3.08. The predicted octanol–water partition coefficient (Wildman–Crippen LogP) is 1.60. The van der Waals surface area contributed by atoms with E-state index in [-0.39, 0.29) is 10.6 Å². The Bertz CT molecular complexity index is 492. The van der Waals surface area contributed by atoms with Gasteiger partial charge in [-0.05, 0) is 31.5 Å². The fourth-order valence-electron chi connectivity index (χ4n) is 1.19. The van der Waals surface area contributed by atoms with E-state index in [4.69, 9.17) is 9.88 Å². The van der Waals surface area contributed by atoms with Gasteiger partial charge < -0.3 is 4.74 Å². The van der Waals surface area contributed by atoms with E-state index in [2.05, 4.69) is 0 Å². The number of hydrogen-bond acceptors (Lipinski definition) is 3. The molecule has 5 heteroatoms. The standard InChI is InChI=1S/C11H15NO3S/c1-3-4-7-15-10-6-5-9(2)8-11(10)16(12,13)14/h3-6,8H,7H2,1-2H3,(H2,12,13,14)/b4-3+. The van der Waals surface area contributed by atoms with Gasteiger partial charge in [0.05, 0.1) is 0 Å². The van der Waals surface area contributed by atoms with Gasteiger partial charge in [-0.25, -0.2) is 13.6 Å². The first kappa shape index (κ1) is 12.7. The molecule has 0 bridgehead atoms. The molecule has 0 aromatic heterocycles. The van der Waals surface area contributed by atoms with E-state index in [1.54, 1.807) is 25.1 Å². The minimum absolute atomic E-state index is 0.0250. The van der Waals surface area contributed by atoms with Crippen molar-refractivity contribution in [2.75, 3.05) is 6.61 Å². The van der Waals surface area contributed by atoms with Crippen LogP contribution < -0.4 is 9.88 Å². The van der Waals surface area contributed by atoms with E-state index in [1.807, 2.05) is 13.0 Å². The summed E-state index contributed by atoms with van der Waals surface area (Å²) < 4.78 is 27.9. The summed E-state index contributed by atoms with van der Waals surface area (Å²) in [5.41, 5.74) is 0.822. The molecular weight excluding hydrogens is 226 g/mol. The van der Waals surface area contributed by atoms with Crippen molar-refractivity contribution in [3.63, 3.8) is 0 Å². The van der Waals surface area contributed by atoms with E-state index < -0.39 is 10.0 Å². The predicted molar refractivity (Wildman–Crippen MR) is 62.9 cm³/mol. The second-order valence-electron chi connectivity index (χ2n) is 3.38. The molecule has 0 aliphatic rings. The number of hydrogen-bond donors (Lipinski definition) is 1. The Morgan fingerprint density at radius 1 is 1.44 bits per heavy atom. The van der Waals surface area contributed by atoms with E-state index in [0.717, 1.165) is 5.56 Å². The highest BCUT2D eigenvalue weighted by molar-refractivity contribution is 7.89. The molecule has 0 saturated carbocycles. The Morgan fingerprint density at radius 2 is 2.12 bits per heavy atom. The van der Waals surface area contributed by atoms with Crippen LogP contribution in [0, 0.1) is 6.92 Å². The molecule has 0 unspecified atom stereocenters. The van der Waals surface area contributed by atoms with Gasteiger partial charge in [-0.3, -0.25) is 0 Å². The van der Waals surface area contributed by atoms with Gasteiger partial charge in [-0.15, -0.1) is 0 Å². The van der Waals surface area contributed by atoms with Gasteiger partial charge >= 0.3 is 0 Å². The maximum absolute atomic E-state index is 11.3. The lowest BCUT2D eigenvalue weighted by Gasteiger charge is -2.09. The van der Waals surface area contributed by atoms with E-state index >= 15 is 0 Å². The quantitative estimate of drug-likeness (QED) is 0.814. The van der Waals surface area contributed by atoms with Crippen LogP contribution in [0.1, 0.15) is 12.5 Å². The minimum Gasteiger partial charge on any atom is -0.488 e. The van der Waals surface area contributed by atoms with Crippen LogP contribution in [0.4, 0.5) is 0 Å². The van der Waals surface area contributed by atoms with Crippen molar-refractivity contribution in [2.45, 2.75) is 18.7 Å². The van der Waals surface area contributed by atoms with Gasteiger partial charge in [0.1, 0.15) is 17.3 Å². The van der Waals surface area contributed by atoms with Crippen molar-refractivity contribution in [2.24, 2.45) is 5.14 Å². The average Bonchev–Trinajstić information content (AvgIpc) is 2.19. The molecule has 0 radical (unpaired) electrons. The molecule has 4 nitrogen and oxygen atoms in total. The molecule has 0 aliphatic heterocycles. The van der Waals surface area contributed by atoms with Crippen LogP contribution in [0.25, 0.3) is 0 Å². The van der Waals surface area contributed by atoms with Gasteiger partial charge in [0, 0.05) is 0 Å². The zero-order chi connectivity index (χ0) is 12.2. The number of primary sulfonamides is 1. The molecule has 0 spiro atoms. The molecule has 1 rings (SSSR count). The van der Waals surface area contributed by atoms with Gasteiger partial charge in [0.2, 0.25) is 10.0 Å².